The van der Waals surface area contributed by atoms with E-state index in [4.69, 9.17) is 0 Å². The minimum atomic E-state index is -0.738. The molecule has 0 saturated heterocycles. The first-order chi connectivity index (χ1) is 12.9. The molecule has 0 unspecified atom stereocenters. The molecule has 0 aliphatic carbocycles. The third-order valence-corrected chi connectivity index (χ3v) is 4.63. The molecule has 3 nitrogen and oxygen atoms in total. The molecule has 1 N–H and O–H groups in total. The number of nitrogens with one attached hydrogen (secondary N) is 1. The molecule has 0 saturated carbocycles. The number of hydrogen-bond acceptors (Lipinski definition) is 2. The van der Waals surface area contributed by atoms with Crippen molar-refractivity contribution in [2.45, 2.75) is 39.2 Å². The summed E-state index contributed by atoms with van der Waals surface area (Å²) in [5, 5.41) is 3.82. The van der Waals surface area contributed by atoms with Crippen molar-refractivity contribution in [1.82, 2.24) is 10.3 Å². The van der Waals surface area contributed by atoms with Gasteiger partial charge in [0.2, 0.25) is 5.95 Å². The van der Waals surface area contributed by atoms with E-state index in [0.717, 1.165) is 17.4 Å². The third-order valence-electron chi connectivity index (χ3n) is 4.63. The van der Waals surface area contributed by atoms with E-state index in [1.807, 2.05) is 49.4 Å². The number of aromatic nitrogens is 1. The summed E-state index contributed by atoms with van der Waals surface area (Å²) in [5.74, 6) is -0.777. The van der Waals surface area contributed by atoms with Gasteiger partial charge in [-0.15, -0.1) is 0 Å². The maximum Gasteiger partial charge on any atom is 0.256 e. The molecule has 1 amide bonds. The number of para-hydroxylation sites is 1. The van der Waals surface area contributed by atoms with Crippen LogP contribution in [0, 0.1) is 11.9 Å². The van der Waals surface area contributed by atoms with Crippen LogP contribution in [0.4, 0.5) is 4.39 Å². The van der Waals surface area contributed by atoms with Gasteiger partial charge >= 0.3 is 0 Å². The highest BCUT2D eigenvalue weighted by Crippen LogP contribution is 2.23. The average molecular weight is 364 g/mol. The van der Waals surface area contributed by atoms with Crippen LogP contribution >= 0.6 is 0 Å². The van der Waals surface area contributed by atoms with Crippen molar-refractivity contribution in [3.05, 3.63) is 77.7 Å². The van der Waals surface area contributed by atoms with Crippen LogP contribution in [0.15, 0.2) is 60.7 Å². The van der Waals surface area contributed by atoms with Crippen molar-refractivity contribution in [3.8, 4) is 0 Å². The molecule has 0 bridgehead atoms. The largest absolute Gasteiger partial charge is 0.346 e. The Morgan fingerprint density at radius 3 is 2.48 bits per heavy atom. The van der Waals surface area contributed by atoms with E-state index < -0.39 is 17.4 Å². The molecule has 0 aliphatic heterocycles. The van der Waals surface area contributed by atoms with Gasteiger partial charge in [-0.1, -0.05) is 62.4 Å². The molecule has 3 aromatic rings. The highest BCUT2D eigenvalue weighted by Gasteiger charge is 2.29. The van der Waals surface area contributed by atoms with E-state index in [1.54, 1.807) is 18.2 Å². The lowest BCUT2D eigenvalue weighted by Gasteiger charge is -2.33. The molecule has 140 valence electrons. The topological polar surface area (TPSA) is 42.0 Å². The number of halogens is 1. The summed E-state index contributed by atoms with van der Waals surface area (Å²) < 4.78 is 14.5. The van der Waals surface area contributed by atoms with Crippen molar-refractivity contribution in [1.29, 1.82) is 0 Å². The number of pyridine rings is 1. The maximum atomic E-state index is 14.5. The zero-order valence-corrected chi connectivity index (χ0v) is 16.0. The maximum absolute atomic E-state index is 14.5. The number of nitrogens with zero attached hydrogens (tertiary/aromatic N) is 1. The predicted molar refractivity (Wildman–Crippen MR) is 107 cm³/mol. The average Bonchev–Trinajstić information content (AvgIpc) is 2.60. The van der Waals surface area contributed by atoms with E-state index in [-0.39, 0.29) is 5.56 Å². The number of carbonyl (C=O) groups is 1. The number of rotatable bonds is 6. The number of benzene rings is 2. The highest BCUT2D eigenvalue weighted by atomic mass is 19.1. The standard InChI is InChI=1S/C23H25FN2O/c1-16(2)14-23(3,15-17-9-5-4-6-10-17)26-22(27)19-13-18-11-7-8-12-20(18)25-21(19)24/h4-13,16H,14-15H2,1-3H3,(H,26,27)/t23-/m0/s1. The summed E-state index contributed by atoms with van der Waals surface area (Å²) in [6, 6.07) is 18.8. The Balaban J connectivity index is 1.89. The number of carbonyl (C=O) groups excluding carboxylic acids is 1. The Kier molecular flexibility index (Phi) is 5.54. The van der Waals surface area contributed by atoms with Gasteiger partial charge in [0.15, 0.2) is 0 Å². The Labute approximate surface area is 159 Å². The third kappa shape index (κ3) is 4.70. The summed E-state index contributed by atoms with van der Waals surface area (Å²) in [5.41, 5.74) is 1.18. The molecule has 27 heavy (non-hydrogen) atoms. The van der Waals surface area contributed by atoms with Crippen molar-refractivity contribution < 1.29 is 9.18 Å². The van der Waals surface area contributed by atoms with Crippen LogP contribution in [0.3, 0.4) is 0 Å². The van der Waals surface area contributed by atoms with Crippen molar-refractivity contribution >= 4 is 16.8 Å². The minimum absolute atomic E-state index is 0.0169. The molecule has 2 aromatic carbocycles. The highest BCUT2D eigenvalue weighted by molar-refractivity contribution is 5.97. The Morgan fingerprint density at radius 1 is 1.11 bits per heavy atom. The van der Waals surface area contributed by atoms with Gasteiger partial charge in [-0.3, -0.25) is 4.79 Å². The molecule has 0 radical (unpaired) electrons. The summed E-state index contributed by atoms with van der Waals surface area (Å²) in [6.07, 6.45) is 1.47. The second-order valence-electron chi connectivity index (χ2n) is 7.79. The molecule has 0 aliphatic rings. The van der Waals surface area contributed by atoms with Crippen molar-refractivity contribution in [2.24, 2.45) is 5.92 Å². The fourth-order valence-corrected chi connectivity index (χ4v) is 3.71. The number of hydrogen-bond donors (Lipinski definition) is 1. The molecular weight excluding hydrogens is 339 g/mol. The van der Waals surface area contributed by atoms with Crippen LogP contribution in [-0.4, -0.2) is 16.4 Å². The molecule has 1 atom stereocenters. The van der Waals surface area contributed by atoms with Gasteiger partial charge in [-0.2, -0.15) is 4.39 Å². The first-order valence-corrected chi connectivity index (χ1v) is 9.28. The van der Waals surface area contributed by atoms with Crippen LogP contribution in [0.25, 0.3) is 10.9 Å². The van der Waals surface area contributed by atoms with Crippen molar-refractivity contribution in [2.75, 3.05) is 0 Å². The molecule has 3 rings (SSSR count). The number of fused-ring (bicyclic) bond motifs is 1. The minimum Gasteiger partial charge on any atom is -0.346 e. The van der Waals surface area contributed by atoms with Crippen LogP contribution in [0.1, 0.15) is 43.1 Å². The Hall–Kier alpha value is -2.75. The van der Waals surface area contributed by atoms with Crippen LogP contribution < -0.4 is 5.32 Å². The monoisotopic (exact) mass is 364 g/mol. The van der Waals surface area contributed by atoms with Gasteiger partial charge in [0.25, 0.3) is 5.91 Å². The summed E-state index contributed by atoms with van der Waals surface area (Å²) >= 11 is 0. The Morgan fingerprint density at radius 2 is 1.78 bits per heavy atom. The van der Waals surface area contributed by atoms with E-state index in [0.29, 0.717) is 17.9 Å². The van der Waals surface area contributed by atoms with Gasteiger partial charge in [0.1, 0.15) is 0 Å². The molecule has 0 spiro atoms. The quantitative estimate of drug-likeness (QED) is 0.615. The van der Waals surface area contributed by atoms with Gasteiger partial charge in [0, 0.05) is 10.9 Å². The lowest BCUT2D eigenvalue weighted by atomic mass is 9.84. The van der Waals surface area contributed by atoms with Gasteiger partial charge < -0.3 is 5.32 Å². The van der Waals surface area contributed by atoms with Crippen LogP contribution in [-0.2, 0) is 6.42 Å². The smallest absolute Gasteiger partial charge is 0.256 e. The summed E-state index contributed by atoms with van der Waals surface area (Å²) in [6.45, 7) is 6.26. The normalized spacial score (nSPS) is 13.5. The molecule has 0 fully saturated rings. The summed E-state index contributed by atoms with van der Waals surface area (Å²) in [4.78, 5) is 16.8. The van der Waals surface area contributed by atoms with Crippen LogP contribution in [0.5, 0.6) is 0 Å². The van der Waals surface area contributed by atoms with E-state index >= 15 is 0 Å². The van der Waals surface area contributed by atoms with E-state index in [1.165, 1.54) is 0 Å². The first-order valence-electron chi connectivity index (χ1n) is 9.28. The first kappa shape index (κ1) is 19.0. The van der Waals surface area contributed by atoms with Gasteiger partial charge in [-0.25, -0.2) is 4.98 Å². The van der Waals surface area contributed by atoms with Crippen LogP contribution in [0.2, 0.25) is 0 Å². The van der Waals surface area contributed by atoms with Gasteiger partial charge in [0.05, 0.1) is 11.1 Å². The molecule has 1 aromatic heterocycles. The lowest BCUT2D eigenvalue weighted by Crippen LogP contribution is -2.48. The fraction of sp³-hybridized carbons (Fsp3) is 0.304. The molecule has 1 heterocycles. The molecule has 4 heteroatoms. The predicted octanol–water partition coefficient (Wildman–Crippen LogP) is 5.15. The fourth-order valence-electron chi connectivity index (χ4n) is 3.71. The van der Waals surface area contributed by atoms with Crippen molar-refractivity contribution in [3.63, 3.8) is 0 Å². The second kappa shape index (κ2) is 7.87. The van der Waals surface area contributed by atoms with Gasteiger partial charge in [-0.05, 0) is 43.4 Å². The van der Waals surface area contributed by atoms with E-state index in [9.17, 15) is 9.18 Å². The zero-order chi connectivity index (χ0) is 19.4. The number of amides is 1. The second-order valence-corrected chi connectivity index (χ2v) is 7.79. The lowest BCUT2D eigenvalue weighted by molar-refractivity contribution is 0.0889. The SMILES string of the molecule is CC(C)C[C@@](C)(Cc1ccccc1)NC(=O)c1cc2ccccc2nc1F. The van der Waals surface area contributed by atoms with E-state index in [2.05, 4.69) is 24.1 Å². The Bertz CT molecular complexity index is 940. The molecular formula is C23H25FN2O. The zero-order valence-electron chi connectivity index (χ0n) is 16.0. The summed E-state index contributed by atoms with van der Waals surface area (Å²) in [7, 11) is 0.